The van der Waals surface area contributed by atoms with E-state index in [9.17, 15) is 14.7 Å². The van der Waals surface area contributed by atoms with Crippen LogP contribution in [0.15, 0.2) is 114 Å². The van der Waals surface area contributed by atoms with Crippen LogP contribution in [0, 0.1) is 0 Å². The molecule has 1 aliphatic heterocycles. The van der Waals surface area contributed by atoms with Gasteiger partial charge in [-0.05, 0) is 59.0 Å². The molecule has 1 aliphatic rings. The van der Waals surface area contributed by atoms with E-state index < -0.39 is 17.9 Å². The average molecular weight is 552 g/mol. The average Bonchev–Trinajstić information content (AvgIpc) is 3.20. The fraction of sp³-hybridized carbons (Fsp3) is 0.0938. The van der Waals surface area contributed by atoms with Crippen molar-refractivity contribution >= 4 is 46.3 Å². The van der Waals surface area contributed by atoms with E-state index in [-0.39, 0.29) is 10.7 Å². The minimum atomic E-state index is -1.10. The Morgan fingerprint density at radius 2 is 1.46 bits per heavy atom. The molecule has 1 heterocycles. The number of carbonyl (C=O) groups excluding carboxylic acids is 1. The lowest BCUT2D eigenvalue weighted by atomic mass is 10.0. The van der Waals surface area contributed by atoms with Gasteiger partial charge in [-0.1, -0.05) is 109 Å². The maximum Gasteiger partial charge on any atom is 0.327 e. The number of carboxylic acids is 1. The number of amides is 1. The molecule has 0 aromatic heterocycles. The number of hydrogen-bond donors (Lipinski definition) is 1. The molecule has 7 heteroatoms. The van der Waals surface area contributed by atoms with Crippen molar-refractivity contribution in [3.05, 3.63) is 136 Å². The van der Waals surface area contributed by atoms with Gasteiger partial charge >= 0.3 is 5.97 Å². The van der Waals surface area contributed by atoms with Gasteiger partial charge in [0.1, 0.15) is 21.9 Å². The van der Waals surface area contributed by atoms with Gasteiger partial charge in [-0.25, -0.2) is 4.79 Å². The second kappa shape index (κ2) is 12.1. The first-order chi connectivity index (χ1) is 19.0. The third kappa shape index (κ3) is 6.63. The van der Waals surface area contributed by atoms with Gasteiger partial charge in [0, 0.05) is 6.42 Å². The number of benzene rings is 4. The zero-order chi connectivity index (χ0) is 27.2. The molecule has 5 nitrogen and oxygen atoms in total. The largest absolute Gasteiger partial charge is 0.480 e. The SMILES string of the molecule is O=C(O)[C@@H](Cc1ccccc1)N1C(=O)/C(=C/c2cccc(Oc3cccc(Cc4ccccc4)c3)c2)SC1=S. The number of aliphatic carboxylic acids is 1. The van der Waals surface area contributed by atoms with E-state index in [1.54, 1.807) is 6.08 Å². The van der Waals surface area contributed by atoms with Crippen molar-refractivity contribution in [2.45, 2.75) is 18.9 Å². The summed E-state index contributed by atoms with van der Waals surface area (Å²) >= 11 is 6.54. The summed E-state index contributed by atoms with van der Waals surface area (Å²) in [7, 11) is 0. The molecule has 1 N–H and O–H groups in total. The van der Waals surface area contributed by atoms with Gasteiger partial charge in [0.05, 0.1) is 4.91 Å². The molecule has 0 radical (unpaired) electrons. The van der Waals surface area contributed by atoms with E-state index in [0.29, 0.717) is 10.7 Å². The fourth-order valence-electron chi connectivity index (χ4n) is 4.38. The van der Waals surface area contributed by atoms with Crippen molar-refractivity contribution in [3.63, 3.8) is 0 Å². The van der Waals surface area contributed by atoms with Gasteiger partial charge in [0.2, 0.25) is 0 Å². The Kier molecular flexibility index (Phi) is 8.20. The highest BCUT2D eigenvalue weighted by Gasteiger charge is 2.40. The van der Waals surface area contributed by atoms with Gasteiger partial charge in [0.15, 0.2) is 0 Å². The molecule has 194 valence electrons. The van der Waals surface area contributed by atoms with Crippen LogP contribution in [0.2, 0.25) is 0 Å². The number of nitrogens with zero attached hydrogens (tertiary/aromatic N) is 1. The Labute approximate surface area is 236 Å². The Hall–Kier alpha value is -4.20. The van der Waals surface area contributed by atoms with Gasteiger partial charge in [0.25, 0.3) is 5.91 Å². The molecule has 1 atom stereocenters. The first-order valence-corrected chi connectivity index (χ1v) is 13.6. The van der Waals surface area contributed by atoms with Crippen LogP contribution >= 0.6 is 24.0 Å². The van der Waals surface area contributed by atoms with Crippen LogP contribution in [0.25, 0.3) is 6.08 Å². The van der Waals surface area contributed by atoms with E-state index >= 15 is 0 Å². The Balaban J connectivity index is 1.31. The standard InChI is InChI=1S/C32H25NO4S2/c34-30-29(39-32(38)33(30)28(31(35)36)20-23-11-5-2-6-12-23)21-25-14-8-16-27(19-25)37-26-15-7-13-24(18-26)17-22-9-3-1-4-10-22/h1-16,18-19,21,28H,17,20H2,(H,35,36)/b29-21-/t28-/m1/s1. The van der Waals surface area contributed by atoms with Crippen LogP contribution in [0.5, 0.6) is 11.5 Å². The zero-order valence-electron chi connectivity index (χ0n) is 20.9. The molecule has 0 spiro atoms. The summed E-state index contributed by atoms with van der Waals surface area (Å²) in [5.41, 5.74) is 3.94. The molecule has 4 aromatic carbocycles. The van der Waals surface area contributed by atoms with Crippen molar-refractivity contribution in [1.29, 1.82) is 0 Å². The minimum Gasteiger partial charge on any atom is -0.480 e. The van der Waals surface area contributed by atoms with Gasteiger partial charge in [-0.2, -0.15) is 0 Å². The maximum absolute atomic E-state index is 13.3. The number of ether oxygens (including phenoxy) is 1. The third-order valence-electron chi connectivity index (χ3n) is 6.23. The summed E-state index contributed by atoms with van der Waals surface area (Å²) < 4.78 is 6.37. The summed E-state index contributed by atoms with van der Waals surface area (Å²) in [6, 6.07) is 33.8. The number of thiocarbonyl (C=S) groups is 1. The number of rotatable bonds is 9. The van der Waals surface area contributed by atoms with E-state index in [1.165, 1.54) is 10.5 Å². The number of carboxylic acid groups (broad SMARTS) is 1. The van der Waals surface area contributed by atoms with Crippen molar-refractivity contribution in [2.24, 2.45) is 0 Å². The van der Waals surface area contributed by atoms with E-state index in [2.05, 4.69) is 18.2 Å². The van der Waals surface area contributed by atoms with Crippen LogP contribution in [0.3, 0.4) is 0 Å². The Morgan fingerprint density at radius 1 is 0.846 bits per heavy atom. The Morgan fingerprint density at radius 3 is 2.15 bits per heavy atom. The number of thioether (sulfide) groups is 1. The van der Waals surface area contributed by atoms with Crippen LogP contribution in [0.4, 0.5) is 0 Å². The lowest BCUT2D eigenvalue weighted by molar-refractivity contribution is -0.145. The molecular weight excluding hydrogens is 526 g/mol. The molecule has 1 amide bonds. The van der Waals surface area contributed by atoms with Crippen molar-refractivity contribution in [2.75, 3.05) is 0 Å². The zero-order valence-corrected chi connectivity index (χ0v) is 22.5. The molecule has 0 unspecified atom stereocenters. The summed E-state index contributed by atoms with van der Waals surface area (Å²) in [5.74, 6) is -0.157. The summed E-state index contributed by atoms with van der Waals surface area (Å²) in [6.45, 7) is 0. The lowest BCUT2D eigenvalue weighted by Crippen LogP contribution is -2.45. The third-order valence-corrected chi connectivity index (χ3v) is 7.56. The van der Waals surface area contributed by atoms with Gasteiger partial charge < -0.3 is 9.84 Å². The van der Waals surface area contributed by atoms with Crippen molar-refractivity contribution in [1.82, 2.24) is 4.90 Å². The first-order valence-electron chi connectivity index (χ1n) is 12.4. The summed E-state index contributed by atoms with van der Waals surface area (Å²) in [5, 5.41) is 9.89. The number of carbonyl (C=O) groups is 2. The molecule has 0 saturated carbocycles. The molecule has 0 bridgehead atoms. The molecule has 1 saturated heterocycles. The predicted octanol–water partition coefficient (Wildman–Crippen LogP) is 6.97. The molecule has 5 rings (SSSR count). The van der Waals surface area contributed by atoms with Crippen LogP contribution in [-0.4, -0.2) is 32.2 Å². The molecule has 1 fully saturated rings. The summed E-state index contributed by atoms with van der Waals surface area (Å²) in [4.78, 5) is 27.0. The highest BCUT2D eigenvalue weighted by molar-refractivity contribution is 8.26. The van der Waals surface area contributed by atoms with E-state index in [4.69, 9.17) is 17.0 Å². The van der Waals surface area contributed by atoms with Crippen LogP contribution in [-0.2, 0) is 22.4 Å². The van der Waals surface area contributed by atoms with Crippen LogP contribution in [0.1, 0.15) is 22.3 Å². The summed E-state index contributed by atoms with van der Waals surface area (Å²) in [6.07, 6.45) is 2.70. The molecular formula is C32H25NO4S2. The smallest absolute Gasteiger partial charge is 0.327 e. The molecule has 4 aromatic rings. The van der Waals surface area contributed by atoms with E-state index in [1.807, 2.05) is 91.0 Å². The second-order valence-corrected chi connectivity index (χ2v) is 10.8. The fourth-order valence-corrected chi connectivity index (χ4v) is 5.74. The monoisotopic (exact) mass is 551 g/mol. The quantitative estimate of drug-likeness (QED) is 0.179. The van der Waals surface area contributed by atoms with Crippen molar-refractivity contribution < 1.29 is 19.4 Å². The topological polar surface area (TPSA) is 66.8 Å². The van der Waals surface area contributed by atoms with Gasteiger partial charge in [-0.3, -0.25) is 9.69 Å². The normalized spacial score (nSPS) is 15.0. The number of hydrogen-bond acceptors (Lipinski definition) is 5. The first kappa shape index (κ1) is 26.4. The maximum atomic E-state index is 13.3. The van der Waals surface area contributed by atoms with E-state index in [0.717, 1.165) is 40.6 Å². The Bertz CT molecular complexity index is 1540. The van der Waals surface area contributed by atoms with Gasteiger partial charge in [-0.15, -0.1) is 0 Å². The predicted molar refractivity (Wildman–Crippen MR) is 159 cm³/mol. The minimum absolute atomic E-state index is 0.169. The highest BCUT2D eigenvalue weighted by atomic mass is 32.2. The van der Waals surface area contributed by atoms with Crippen molar-refractivity contribution in [3.8, 4) is 11.5 Å². The second-order valence-electron chi connectivity index (χ2n) is 9.08. The molecule has 39 heavy (non-hydrogen) atoms. The molecule has 0 aliphatic carbocycles. The lowest BCUT2D eigenvalue weighted by Gasteiger charge is -2.23. The van der Waals surface area contributed by atoms with Crippen LogP contribution < -0.4 is 4.74 Å². The highest BCUT2D eigenvalue weighted by Crippen LogP contribution is 2.35.